The predicted molar refractivity (Wildman–Crippen MR) is 110 cm³/mol. The van der Waals surface area contributed by atoms with Crippen LogP contribution in [0.25, 0.3) is 0 Å². The van der Waals surface area contributed by atoms with Crippen molar-refractivity contribution in [2.75, 3.05) is 23.0 Å². The molecule has 0 aliphatic rings. The van der Waals surface area contributed by atoms with E-state index in [0.717, 1.165) is 16.1 Å². The van der Waals surface area contributed by atoms with Gasteiger partial charge in [0.15, 0.2) is 0 Å². The van der Waals surface area contributed by atoms with Crippen molar-refractivity contribution in [3.63, 3.8) is 0 Å². The van der Waals surface area contributed by atoms with Gasteiger partial charge in [-0.3, -0.25) is 9.10 Å². The molecular formula is C18H20Cl2N2O4S. The van der Waals surface area contributed by atoms with Crippen LogP contribution in [0, 0.1) is 6.92 Å². The topological polar surface area (TPSA) is 75.7 Å². The molecule has 1 amide bonds. The van der Waals surface area contributed by atoms with Gasteiger partial charge in [-0.15, -0.1) is 0 Å². The molecule has 2 rings (SSSR count). The summed E-state index contributed by atoms with van der Waals surface area (Å²) in [6.45, 7) is 3.36. The van der Waals surface area contributed by atoms with Crippen LogP contribution in [0.2, 0.25) is 10.0 Å². The number of benzene rings is 2. The zero-order valence-corrected chi connectivity index (χ0v) is 17.6. The molecular weight excluding hydrogens is 411 g/mol. The second-order valence-corrected chi connectivity index (χ2v) is 8.70. The summed E-state index contributed by atoms with van der Waals surface area (Å²) in [6.07, 6.45) is 1.02. The van der Waals surface area contributed by atoms with Gasteiger partial charge in [-0.2, -0.15) is 0 Å². The molecule has 0 fully saturated rings. The number of sulfonamides is 1. The van der Waals surface area contributed by atoms with Crippen LogP contribution >= 0.6 is 23.2 Å². The van der Waals surface area contributed by atoms with Crippen molar-refractivity contribution in [3.05, 3.63) is 52.0 Å². The maximum Gasteiger partial charge on any atom is 0.248 e. The lowest BCUT2D eigenvalue weighted by atomic mass is 10.2. The van der Waals surface area contributed by atoms with Gasteiger partial charge in [-0.1, -0.05) is 29.3 Å². The normalized spacial score (nSPS) is 12.4. The Labute approximate surface area is 169 Å². The van der Waals surface area contributed by atoms with Crippen LogP contribution in [0.15, 0.2) is 36.4 Å². The number of nitrogens with zero attached hydrogens (tertiary/aromatic N) is 1. The second-order valence-electron chi connectivity index (χ2n) is 6.03. The fourth-order valence-corrected chi connectivity index (χ4v) is 4.05. The lowest BCUT2D eigenvalue weighted by Gasteiger charge is -2.28. The van der Waals surface area contributed by atoms with E-state index in [-0.39, 0.29) is 15.7 Å². The van der Waals surface area contributed by atoms with Gasteiger partial charge in [0.1, 0.15) is 11.8 Å². The van der Waals surface area contributed by atoms with E-state index in [4.69, 9.17) is 27.9 Å². The molecule has 0 saturated heterocycles. The Kier molecular flexibility index (Phi) is 6.62. The number of carbonyl (C=O) groups is 1. The van der Waals surface area contributed by atoms with Gasteiger partial charge >= 0.3 is 0 Å². The average molecular weight is 431 g/mol. The number of nitrogens with one attached hydrogen (secondary N) is 1. The first-order valence-electron chi connectivity index (χ1n) is 7.94. The van der Waals surface area contributed by atoms with Crippen LogP contribution in [0.3, 0.4) is 0 Å². The molecule has 0 aliphatic heterocycles. The number of amides is 1. The molecule has 0 radical (unpaired) electrons. The highest BCUT2D eigenvalue weighted by Crippen LogP contribution is 2.30. The van der Waals surface area contributed by atoms with Crippen molar-refractivity contribution < 1.29 is 17.9 Å². The van der Waals surface area contributed by atoms with Crippen LogP contribution in [0.4, 0.5) is 11.4 Å². The lowest BCUT2D eigenvalue weighted by Crippen LogP contribution is -2.45. The van der Waals surface area contributed by atoms with Gasteiger partial charge in [-0.25, -0.2) is 8.42 Å². The molecule has 0 saturated carbocycles. The number of halogens is 2. The largest absolute Gasteiger partial charge is 0.495 e. The van der Waals surface area contributed by atoms with Crippen LogP contribution in [-0.4, -0.2) is 33.7 Å². The molecule has 1 N–H and O–H groups in total. The third kappa shape index (κ3) is 5.06. The molecule has 0 aromatic heterocycles. The highest BCUT2D eigenvalue weighted by Gasteiger charge is 2.30. The summed E-state index contributed by atoms with van der Waals surface area (Å²) in [4.78, 5) is 12.8. The molecule has 9 heteroatoms. The molecule has 0 aliphatic carbocycles. The van der Waals surface area contributed by atoms with Crippen molar-refractivity contribution in [1.29, 1.82) is 0 Å². The van der Waals surface area contributed by atoms with Gasteiger partial charge in [0.05, 0.1) is 34.8 Å². The van der Waals surface area contributed by atoms with Crippen LogP contribution in [0.5, 0.6) is 5.75 Å². The molecule has 6 nitrogen and oxygen atoms in total. The molecule has 146 valence electrons. The Morgan fingerprint density at radius 1 is 1.15 bits per heavy atom. The Morgan fingerprint density at radius 3 is 2.37 bits per heavy atom. The van der Waals surface area contributed by atoms with Gasteiger partial charge in [0.2, 0.25) is 15.9 Å². The minimum absolute atomic E-state index is 0.191. The number of aryl methyl sites for hydroxylation is 1. The fourth-order valence-electron chi connectivity index (χ4n) is 2.59. The van der Waals surface area contributed by atoms with Crippen molar-refractivity contribution in [3.8, 4) is 5.75 Å². The maximum atomic E-state index is 12.8. The third-order valence-corrected chi connectivity index (χ3v) is 5.84. The first-order valence-corrected chi connectivity index (χ1v) is 10.5. The molecule has 0 bridgehead atoms. The summed E-state index contributed by atoms with van der Waals surface area (Å²) >= 11 is 11.9. The highest BCUT2D eigenvalue weighted by atomic mass is 35.5. The van der Waals surface area contributed by atoms with E-state index in [1.54, 1.807) is 12.1 Å². The van der Waals surface area contributed by atoms with E-state index in [1.807, 2.05) is 13.0 Å². The van der Waals surface area contributed by atoms with Crippen molar-refractivity contribution in [2.45, 2.75) is 19.9 Å². The standard InChI is InChI=1S/C18H20Cl2N2O4S/c1-11-5-8-17(26-3)16(9-11)21-18(23)12(2)22(27(4,24)25)13-6-7-14(19)15(20)10-13/h5-10,12H,1-4H3,(H,21,23). The van der Waals surface area contributed by atoms with E-state index in [1.165, 1.54) is 32.2 Å². The van der Waals surface area contributed by atoms with Crippen LogP contribution in [-0.2, 0) is 14.8 Å². The first kappa shape index (κ1) is 21.3. The number of rotatable bonds is 6. The van der Waals surface area contributed by atoms with E-state index in [0.29, 0.717) is 11.4 Å². The molecule has 0 spiro atoms. The smallest absolute Gasteiger partial charge is 0.248 e. The fraction of sp³-hybridized carbons (Fsp3) is 0.278. The predicted octanol–water partition coefficient (Wildman–Crippen LogP) is 4.10. The molecule has 2 aromatic rings. The van der Waals surface area contributed by atoms with Crippen LogP contribution in [0.1, 0.15) is 12.5 Å². The molecule has 2 aromatic carbocycles. The molecule has 1 atom stereocenters. The highest BCUT2D eigenvalue weighted by molar-refractivity contribution is 7.92. The zero-order valence-electron chi connectivity index (χ0n) is 15.3. The Balaban J connectivity index is 2.38. The monoisotopic (exact) mass is 430 g/mol. The van der Waals surface area contributed by atoms with Crippen molar-refractivity contribution in [2.24, 2.45) is 0 Å². The summed E-state index contributed by atoms with van der Waals surface area (Å²) in [5.74, 6) is -0.0445. The number of methoxy groups -OCH3 is 1. The Morgan fingerprint density at radius 2 is 1.81 bits per heavy atom. The van der Waals surface area contributed by atoms with Crippen molar-refractivity contribution in [1.82, 2.24) is 0 Å². The zero-order chi connectivity index (χ0) is 20.4. The Bertz CT molecular complexity index is 964. The van der Waals surface area contributed by atoms with E-state index in [2.05, 4.69) is 5.32 Å². The second kappa shape index (κ2) is 8.37. The van der Waals surface area contributed by atoms with Gasteiger partial charge in [-0.05, 0) is 49.7 Å². The SMILES string of the molecule is COc1ccc(C)cc1NC(=O)C(C)N(c1ccc(Cl)c(Cl)c1)S(C)(=O)=O. The van der Waals surface area contributed by atoms with E-state index in [9.17, 15) is 13.2 Å². The Hall–Kier alpha value is -1.96. The minimum Gasteiger partial charge on any atom is -0.495 e. The third-order valence-electron chi connectivity index (χ3n) is 3.86. The van der Waals surface area contributed by atoms with Gasteiger partial charge in [0.25, 0.3) is 0 Å². The van der Waals surface area contributed by atoms with E-state index >= 15 is 0 Å². The van der Waals surface area contributed by atoms with Crippen molar-refractivity contribution >= 4 is 50.5 Å². The van der Waals surface area contributed by atoms with Crippen LogP contribution < -0.4 is 14.4 Å². The summed E-state index contributed by atoms with van der Waals surface area (Å²) in [5.41, 5.74) is 1.62. The van der Waals surface area contributed by atoms with Gasteiger partial charge < -0.3 is 10.1 Å². The van der Waals surface area contributed by atoms with Gasteiger partial charge in [0, 0.05) is 0 Å². The summed E-state index contributed by atoms with van der Waals surface area (Å²) in [6, 6.07) is 8.65. The summed E-state index contributed by atoms with van der Waals surface area (Å²) < 4.78 is 30.9. The number of anilines is 2. The average Bonchev–Trinajstić information content (AvgIpc) is 2.57. The minimum atomic E-state index is -3.77. The van der Waals surface area contributed by atoms with E-state index < -0.39 is 22.0 Å². The number of carbonyl (C=O) groups excluding carboxylic acids is 1. The lowest BCUT2D eigenvalue weighted by molar-refractivity contribution is -0.116. The number of ether oxygens (including phenoxy) is 1. The quantitative estimate of drug-likeness (QED) is 0.747. The first-order chi connectivity index (χ1) is 12.5. The summed E-state index contributed by atoms with van der Waals surface area (Å²) in [7, 11) is -2.28. The summed E-state index contributed by atoms with van der Waals surface area (Å²) in [5, 5.41) is 3.20. The number of hydrogen-bond acceptors (Lipinski definition) is 4. The molecule has 27 heavy (non-hydrogen) atoms. The molecule has 0 heterocycles. The number of hydrogen-bond donors (Lipinski definition) is 1. The maximum absolute atomic E-state index is 12.8. The molecule has 1 unspecified atom stereocenters.